The Hall–Kier alpha value is -1.25. The molecule has 0 radical (unpaired) electrons. The van der Waals surface area contributed by atoms with Gasteiger partial charge in [0.2, 0.25) is 0 Å². The van der Waals surface area contributed by atoms with E-state index in [-0.39, 0.29) is 23.5 Å². The van der Waals surface area contributed by atoms with Gasteiger partial charge in [-0.15, -0.1) is 11.3 Å². The zero-order valence-electron chi connectivity index (χ0n) is 12.8. The summed E-state index contributed by atoms with van der Waals surface area (Å²) in [6.07, 6.45) is 1.32. The first kappa shape index (κ1) is 16.6. The first-order chi connectivity index (χ1) is 11.0. The summed E-state index contributed by atoms with van der Waals surface area (Å²) in [4.78, 5) is 18.9. The molecule has 124 valence electrons. The highest BCUT2D eigenvalue weighted by Gasteiger charge is 2.35. The molecule has 1 aliphatic heterocycles. The number of thiophene rings is 1. The molecule has 0 spiro atoms. The first-order valence-corrected chi connectivity index (χ1v) is 11.1. The highest BCUT2D eigenvalue weighted by Crippen LogP contribution is 2.27. The van der Waals surface area contributed by atoms with E-state index < -0.39 is 9.84 Å². The van der Waals surface area contributed by atoms with Gasteiger partial charge in [0.15, 0.2) is 9.84 Å². The van der Waals surface area contributed by atoms with Crippen LogP contribution in [0.15, 0.2) is 22.2 Å². The van der Waals surface area contributed by atoms with Crippen molar-refractivity contribution in [2.24, 2.45) is 0 Å². The second-order valence-electron chi connectivity index (χ2n) is 5.61. The lowest BCUT2D eigenvalue weighted by atomic mass is 10.2. The van der Waals surface area contributed by atoms with Gasteiger partial charge < -0.3 is 4.90 Å². The minimum absolute atomic E-state index is 0.0697. The predicted molar refractivity (Wildman–Crippen MR) is 93.8 cm³/mol. The van der Waals surface area contributed by atoms with Crippen molar-refractivity contribution in [2.75, 3.05) is 18.1 Å². The third kappa shape index (κ3) is 3.64. The van der Waals surface area contributed by atoms with E-state index in [1.807, 2.05) is 23.8 Å². The molecular weight excluding hydrogens is 352 g/mol. The summed E-state index contributed by atoms with van der Waals surface area (Å²) in [5, 5.41) is 6.57. The Balaban J connectivity index is 1.81. The summed E-state index contributed by atoms with van der Waals surface area (Å²) in [7, 11) is -3.02. The van der Waals surface area contributed by atoms with Crippen LogP contribution in [0.3, 0.4) is 0 Å². The summed E-state index contributed by atoms with van der Waals surface area (Å²) in [5.41, 5.74) is 1.43. The lowest BCUT2D eigenvalue weighted by Crippen LogP contribution is -2.41. The van der Waals surface area contributed by atoms with E-state index in [4.69, 9.17) is 0 Å². The molecule has 1 unspecified atom stereocenters. The number of amides is 1. The molecular formula is C15H18N2O3S3. The SMILES string of the molecule is CCCN(C(=O)c1csc(-c2ccsc2)n1)C1CCS(=O)(=O)C1. The Morgan fingerprint density at radius 1 is 1.43 bits per heavy atom. The van der Waals surface area contributed by atoms with Gasteiger partial charge in [0.05, 0.1) is 11.5 Å². The van der Waals surface area contributed by atoms with Gasteiger partial charge in [-0.25, -0.2) is 13.4 Å². The van der Waals surface area contributed by atoms with Crippen molar-refractivity contribution in [1.82, 2.24) is 9.88 Å². The van der Waals surface area contributed by atoms with E-state index in [0.29, 0.717) is 18.7 Å². The summed E-state index contributed by atoms with van der Waals surface area (Å²) in [6, 6.07) is 1.75. The topological polar surface area (TPSA) is 67.3 Å². The minimum atomic E-state index is -3.02. The standard InChI is InChI=1S/C15H18N2O3S3/c1-2-5-17(12-4-7-23(19,20)10-12)15(18)13-9-22-14(16-13)11-3-6-21-8-11/h3,6,8-9,12H,2,4-5,7,10H2,1H3. The Morgan fingerprint density at radius 2 is 2.26 bits per heavy atom. The molecule has 1 amide bonds. The van der Waals surface area contributed by atoms with Crippen LogP contribution in [0.2, 0.25) is 0 Å². The van der Waals surface area contributed by atoms with Crippen molar-refractivity contribution in [2.45, 2.75) is 25.8 Å². The number of aromatic nitrogens is 1. The van der Waals surface area contributed by atoms with Crippen LogP contribution in [-0.2, 0) is 9.84 Å². The van der Waals surface area contributed by atoms with Crippen LogP contribution < -0.4 is 0 Å². The number of sulfone groups is 1. The molecule has 2 aromatic heterocycles. The molecule has 0 aliphatic carbocycles. The highest BCUT2D eigenvalue weighted by molar-refractivity contribution is 7.91. The number of carbonyl (C=O) groups is 1. The van der Waals surface area contributed by atoms with Gasteiger partial charge in [0.25, 0.3) is 5.91 Å². The Labute approximate surface area is 143 Å². The number of rotatable bonds is 5. The zero-order chi connectivity index (χ0) is 16.4. The molecule has 0 bridgehead atoms. The number of nitrogens with zero attached hydrogens (tertiary/aromatic N) is 2. The van der Waals surface area contributed by atoms with Crippen molar-refractivity contribution in [3.63, 3.8) is 0 Å². The van der Waals surface area contributed by atoms with Crippen LogP contribution in [0.25, 0.3) is 10.6 Å². The zero-order valence-corrected chi connectivity index (χ0v) is 15.2. The molecule has 1 atom stereocenters. The van der Waals surface area contributed by atoms with Gasteiger partial charge in [-0.05, 0) is 24.3 Å². The van der Waals surface area contributed by atoms with Crippen LogP contribution in [0, 0.1) is 0 Å². The smallest absolute Gasteiger partial charge is 0.273 e. The molecule has 0 saturated carbocycles. The van der Waals surface area contributed by atoms with Gasteiger partial charge in [-0.2, -0.15) is 11.3 Å². The summed E-state index contributed by atoms with van der Waals surface area (Å²) < 4.78 is 23.4. The highest BCUT2D eigenvalue weighted by atomic mass is 32.2. The van der Waals surface area contributed by atoms with Crippen molar-refractivity contribution >= 4 is 38.4 Å². The average Bonchev–Trinajstić information content (AvgIpc) is 3.23. The molecule has 1 fully saturated rings. The van der Waals surface area contributed by atoms with E-state index in [2.05, 4.69) is 4.98 Å². The largest absolute Gasteiger partial charge is 0.333 e. The quantitative estimate of drug-likeness (QED) is 0.812. The lowest BCUT2D eigenvalue weighted by Gasteiger charge is -2.27. The molecule has 1 aliphatic rings. The summed E-state index contributed by atoms with van der Waals surface area (Å²) in [6.45, 7) is 2.55. The first-order valence-electron chi connectivity index (χ1n) is 7.49. The van der Waals surface area contributed by atoms with Crippen LogP contribution in [0.5, 0.6) is 0 Å². The normalized spacial score (nSPS) is 19.8. The van der Waals surface area contributed by atoms with Crippen LogP contribution in [0.4, 0.5) is 0 Å². The number of hydrogen-bond donors (Lipinski definition) is 0. The molecule has 0 N–H and O–H groups in total. The van der Waals surface area contributed by atoms with Crippen LogP contribution in [0.1, 0.15) is 30.3 Å². The molecule has 0 aromatic carbocycles. The van der Waals surface area contributed by atoms with Gasteiger partial charge in [0, 0.05) is 28.9 Å². The van der Waals surface area contributed by atoms with E-state index in [1.54, 1.807) is 21.6 Å². The predicted octanol–water partition coefficient (Wildman–Crippen LogP) is 2.91. The fourth-order valence-electron chi connectivity index (χ4n) is 2.75. The molecule has 5 nitrogen and oxygen atoms in total. The molecule has 8 heteroatoms. The van der Waals surface area contributed by atoms with Gasteiger partial charge in [-0.3, -0.25) is 4.79 Å². The van der Waals surface area contributed by atoms with E-state index in [9.17, 15) is 13.2 Å². The summed E-state index contributed by atoms with van der Waals surface area (Å²) >= 11 is 3.03. The number of carbonyl (C=O) groups excluding carboxylic acids is 1. The van der Waals surface area contributed by atoms with Gasteiger partial charge >= 0.3 is 0 Å². The van der Waals surface area contributed by atoms with Crippen molar-refractivity contribution in [3.05, 3.63) is 27.9 Å². The van der Waals surface area contributed by atoms with E-state index >= 15 is 0 Å². The van der Waals surface area contributed by atoms with Gasteiger partial charge in [0.1, 0.15) is 10.7 Å². The Kier molecular flexibility index (Phi) is 4.84. The Morgan fingerprint density at radius 3 is 2.87 bits per heavy atom. The van der Waals surface area contributed by atoms with Crippen molar-refractivity contribution in [1.29, 1.82) is 0 Å². The van der Waals surface area contributed by atoms with Gasteiger partial charge in [-0.1, -0.05) is 6.92 Å². The minimum Gasteiger partial charge on any atom is -0.333 e. The second-order valence-corrected chi connectivity index (χ2v) is 9.47. The third-order valence-corrected chi connectivity index (χ3v) is 7.19. The van der Waals surface area contributed by atoms with Crippen molar-refractivity contribution in [3.8, 4) is 10.6 Å². The fourth-order valence-corrected chi connectivity index (χ4v) is 5.99. The Bertz CT molecular complexity index is 781. The monoisotopic (exact) mass is 370 g/mol. The maximum absolute atomic E-state index is 12.8. The lowest BCUT2D eigenvalue weighted by molar-refractivity contribution is 0.0692. The van der Waals surface area contributed by atoms with E-state index in [1.165, 1.54) is 11.3 Å². The second kappa shape index (κ2) is 6.70. The third-order valence-electron chi connectivity index (χ3n) is 3.87. The molecule has 3 heterocycles. The maximum Gasteiger partial charge on any atom is 0.273 e. The molecule has 1 saturated heterocycles. The number of hydrogen-bond acceptors (Lipinski definition) is 6. The summed E-state index contributed by atoms with van der Waals surface area (Å²) in [5.74, 6) is 0.0783. The van der Waals surface area contributed by atoms with Crippen molar-refractivity contribution < 1.29 is 13.2 Å². The maximum atomic E-state index is 12.8. The molecule has 23 heavy (non-hydrogen) atoms. The molecule has 3 rings (SSSR count). The average molecular weight is 371 g/mol. The van der Waals surface area contributed by atoms with Crippen LogP contribution in [-0.4, -0.2) is 48.3 Å². The number of thiazole rings is 1. The molecule has 2 aromatic rings. The van der Waals surface area contributed by atoms with Crippen LogP contribution >= 0.6 is 22.7 Å². The van der Waals surface area contributed by atoms with E-state index in [0.717, 1.165) is 17.0 Å². The fraction of sp³-hybridized carbons (Fsp3) is 0.467.